The third-order valence-electron chi connectivity index (χ3n) is 11.8. The average Bonchev–Trinajstić information content (AvgIpc) is 3.34. The van der Waals surface area contributed by atoms with Crippen molar-refractivity contribution in [3.63, 3.8) is 0 Å². The lowest BCUT2D eigenvalue weighted by Crippen LogP contribution is -2.40. The van der Waals surface area contributed by atoms with Crippen LogP contribution in [0, 0.1) is 0 Å². The molecule has 0 aliphatic heterocycles. The Hall–Kier alpha value is -3.79. The van der Waals surface area contributed by atoms with Crippen LogP contribution in [0.25, 0.3) is 0 Å². The molecule has 0 aromatic rings. The molecule has 0 aliphatic rings. The van der Waals surface area contributed by atoms with Gasteiger partial charge in [-0.3, -0.25) is 9.59 Å². The topological polar surface area (TPSA) is 108 Å². The second-order valence-corrected chi connectivity index (χ2v) is 19.9. The molecule has 0 saturated heterocycles. The van der Waals surface area contributed by atoms with Crippen molar-refractivity contribution in [2.75, 3.05) is 47.5 Å². The summed E-state index contributed by atoms with van der Waals surface area (Å²) < 4.78 is 22.8. The number of aliphatic carboxylic acids is 1. The maximum atomic E-state index is 12.8. The maximum Gasteiger partial charge on any atom is 0.361 e. The summed E-state index contributed by atoms with van der Waals surface area (Å²) >= 11 is 0. The van der Waals surface area contributed by atoms with E-state index < -0.39 is 24.3 Å². The number of allylic oxidation sites excluding steroid dienone is 16. The lowest BCUT2D eigenvalue weighted by molar-refractivity contribution is -0.870. The summed E-state index contributed by atoms with van der Waals surface area (Å²) in [5.41, 5.74) is 0. The molecule has 0 aromatic carbocycles. The Balaban J connectivity index is 4.31. The van der Waals surface area contributed by atoms with Gasteiger partial charge in [-0.1, -0.05) is 220 Å². The molecule has 406 valence electrons. The van der Waals surface area contributed by atoms with Crippen LogP contribution in [0.3, 0.4) is 0 Å². The van der Waals surface area contributed by atoms with Gasteiger partial charge < -0.3 is 28.5 Å². The van der Waals surface area contributed by atoms with Crippen molar-refractivity contribution in [1.29, 1.82) is 0 Å². The van der Waals surface area contributed by atoms with Gasteiger partial charge in [0.05, 0.1) is 34.4 Å². The summed E-state index contributed by atoms with van der Waals surface area (Å²) in [7, 11) is 5.94. The Labute approximate surface area is 435 Å². The normalized spacial score (nSPS) is 13.5. The molecule has 0 aliphatic carbocycles. The van der Waals surface area contributed by atoms with Crippen molar-refractivity contribution in [3.8, 4) is 0 Å². The highest BCUT2D eigenvalue weighted by molar-refractivity contribution is 5.71. The van der Waals surface area contributed by atoms with E-state index >= 15 is 0 Å². The molecule has 0 amide bonds. The van der Waals surface area contributed by atoms with E-state index in [0.29, 0.717) is 17.4 Å². The zero-order chi connectivity index (χ0) is 52.0. The number of quaternary nitrogens is 1. The van der Waals surface area contributed by atoms with Gasteiger partial charge in [0.2, 0.25) is 0 Å². The van der Waals surface area contributed by atoms with Crippen molar-refractivity contribution in [2.24, 2.45) is 0 Å². The van der Waals surface area contributed by atoms with Crippen LogP contribution < -0.4 is 0 Å². The minimum Gasteiger partial charge on any atom is -0.477 e. The summed E-state index contributed by atoms with van der Waals surface area (Å²) in [5, 5.41) is 9.69. The van der Waals surface area contributed by atoms with Crippen molar-refractivity contribution in [1.82, 2.24) is 0 Å². The largest absolute Gasteiger partial charge is 0.477 e. The fourth-order valence-corrected chi connectivity index (χ4v) is 7.48. The number of hydrogen-bond donors (Lipinski definition) is 1. The molecule has 2 atom stereocenters. The van der Waals surface area contributed by atoms with Crippen molar-refractivity contribution in [2.45, 2.75) is 232 Å². The van der Waals surface area contributed by atoms with Gasteiger partial charge in [0, 0.05) is 12.8 Å². The van der Waals surface area contributed by atoms with E-state index in [-0.39, 0.29) is 38.6 Å². The number of nitrogens with zero attached hydrogens (tertiary/aromatic N) is 1. The number of unbranched alkanes of at least 4 members (excludes halogenated alkanes) is 20. The first kappa shape index (κ1) is 67.2. The number of carboxylic acid groups (broad SMARTS) is 1. The second kappa shape index (κ2) is 52.5. The van der Waals surface area contributed by atoms with Crippen molar-refractivity contribution in [3.05, 3.63) is 97.2 Å². The maximum absolute atomic E-state index is 12.8. The molecule has 0 radical (unpaired) electrons. The van der Waals surface area contributed by atoms with Crippen LogP contribution in [0.1, 0.15) is 219 Å². The number of esters is 2. The van der Waals surface area contributed by atoms with Gasteiger partial charge in [-0.25, -0.2) is 4.79 Å². The molecule has 0 heterocycles. The highest BCUT2D eigenvalue weighted by Crippen LogP contribution is 2.15. The fourth-order valence-electron chi connectivity index (χ4n) is 7.48. The highest BCUT2D eigenvalue weighted by atomic mass is 16.7. The van der Waals surface area contributed by atoms with Crippen LogP contribution in [0.15, 0.2) is 97.2 Å². The zero-order valence-electron chi connectivity index (χ0n) is 46.1. The summed E-state index contributed by atoms with van der Waals surface area (Å²) in [6, 6.07) is 0. The van der Waals surface area contributed by atoms with E-state index in [1.165, 1.54) is 122 Å². The van der Waals surface area contributed by atoms with Gasteiger partial charge in [-0.05, 0) is 83.5 Å². The molecular weight excluding hydrogens is 887 g/mol. The standard InChI is InChI=1S/C62H105NO8/c1-6-8-10-12-14-16-18-20-22-24-26-27-28-29-30-31-32-33-35-36-38-40-42-44-46-48-50-52-59(64)69-56-58(57-70-62(61(66)67)68-55-54-63(3,4)5)71-60(65)53-51-49-47-45-43-41-39-37-34-25-23-21-19-17-15-13-11-9-7-2/h9,11,15,17-18,20-21,23-24,26,34,37,41,43,47,49,58,62H,6-8,10,12-14,16,19,22,25,27-33,35-36,38-40,42,44-46,48,50-57H2,1-5H3/p+1/b11-9-,17-15-,20-18-,23-21-,26-24-,37-34-,43-41-,49-47-. The smallest absolute Gasteiger partial charge is 0.361 e. The van der Waals surface area contributed by atoms with Crippen molar-refractivity contribution >= 4 is 17.9 Å². The van der Waals surface area contributed by atoms with Crippen LogP contribution in [0.2, 0.25) is 0 Å². The number of carbonyl (C=O) groups excluding carboxylic acids is 2. The predicted molar refractivity (Wildman–Crippen MR) is 299 cm³/mol. The number of carboxylic acids is 1. The van der Waals surface area contributed by atoms with Gasteiger partial charge in [-0.2, -0.15) is 0 Å². The fraction of sp³-hybridized carbons (Fsp3) is 0.694. The minimum absolute atomic E-state index is 0.131. The first-order valence-electron chi connectivity index (χ1n) is 28.4. The Bertz CT molecular complexity index is 1480. The molecule has 0 saturated carbocycles. The van der Waals surface area contributed by atoms with E-state index in [4.69, 9.17) is 18.9 Å². The number of ether oxygens (including phenoxy) is 4. The van der Waals surface area contributed by atoms with Crippen LogP contribution in [-0.4, -0.2) is 87.4 Å². The molecule has 1 N–H and O–H groups in total. The molecule has 0 rings (SSSR count). The van der Waals surface area contributed by atoms with Crippen molar-refractivity contribution < 1.29 is 42.9 Å². The summed E-state index contributed by atoms with van der Waals surface area (Å²) in [6.07, 6.45) is 67.9. The number of likely N-dealkylation sites (N-methyl/N-ethyl adjacent to an activating group) is 1. The Morgan fingerprint density at radius 1 is 0.437 bits per heavy atom. The number of rotatable bonds is 51. The number of hydrogen-bond acceptors (Lipinski definition) is 7. The Morgan fingerprint density at radius 3 is 1.25 bits per heavy atom. The van der Waals surface area contributed by atoms with Crippen LogP contribution in [0.4, 0.5) is 0 Å². The summed E-state index contributed by atoms with van der Waals surface area (Å²) in [4.78, 5) is 37.3. The van der Waals surface area contributed by atoms with Crippen LogP contribution in [0.5, 0.6) is 0 Å². The molecule has 71 heavy (non-hydrogen) atoms. The SMILES string of the molecule is CC/C=C\C/C=C\C/C=C\C/C=C\C/C=C\C/C=C\CCC(=O)OC(COC(=O)CCCCCCCCCCCCCCCCC/C=C\C/C=C\CCCCCCC)COC(OCC[N+](C)(C)C)C(=O)O. The average molecular weight is 994 g/mol. The van der Waals surface area contributed by atoms with E-state index in [1.807, 2.05) is 33.3 Å². The van der Waals surface area contributed by atoms with Gasteiger partial charge in [0.1, 0.15) is 13.2 Å². The van der Waals surface area contributed by atoms with Gasteiger partial charge in [0.25, 0.3) is 6.29 Å². The van der Waals surface area contributed by atoms with Crippen LogP contribution >= 0.6 is 0 Å². The molecule has 2 unspecified atom stereocenters. The Morgan fingerprint density at radius 2 is 0.831 bits per heavy atom. The summed E-state index contributed by atoms with van der Waals surface area (Å²) in [5.74, 6) is -2.12. The lowest BCUT2D eigenvalue weighted by Gasteiger charge is -2.25. The monoisotopic (exact) mass is 993 g/mol. The zero-order valence-corrected chi connectivity index (χ0v) is 46.1. The van der Waals surface area contributed by atoms with Gasteiger partial charge >= 0.3 is 17.9 Å². The highest BCUT2D eigenvalue weighted by Gasteiger charge is 2.25. The third kappa shape index (κ3) is 53.8. The quantitative estimate of drug-likeness (QED) is 0.0211. The van der Waals surface area contributed by atoms with E-state index in [2.05, 4.69) is 98.9 Å². The molecule has 9 heteroatoms. The predicted octanol–water partition coefficient (Wildman–Crippen LogP) is 16.6. The molecule has 0 aromatic heterocycles. The van der Waals surface area contributed by atoms with E-state index in [0.717, 1.165) is 64.2 Å². The Kier molecular flexibility index (Phi) is 49.7. The summed E-state index contributed by atoms with van der Waals surface area (Å²) in [6.45, 7) is 4.66. The van der Waals surface area contributed by atoms with Crippen LogP contribution in [-0.2, 0) is 33.3 Å². The minimum atomic E-state index is -1.53. The molecule has 0 spiro atoms. The van der Waals surface area contributed by atoms with Gasteiger partial charge in [0.15, 0.2) is 6.10 Å². The van der Waals surface area contributed by atoms with E-state index in [1.54, 1.807) is 0 Å². The first-order chi connectivity index (χ1) is 34.6. The second-order valence-electron chi connectivity index (χ2n) is 19.9. The third-order valence-corrected chi connectivity index (χ3v) is 11.8. The first-order valence-corrected chi connectivity index (χ1v) is 28.4. The molecule has 0 bridgehead atoms. The molecular formula is C62H106NO8+. The number of carbonyl (C=O) groups is 3. The molecule has 0 fully saturated rings. The van der Waals surface area contributed by atoms with E-state index in [9.17, 15) is 19.5 Å². The lowest BCUT2D eigenvalue weighted by atomic mass is 10.0. The molecule has 9 nitrogen and oxygen atoms in total. The van der Waals surface area contributed by atoms with Gasteiger partial charge in [-0.15, -0.1) is 0 Å².